The minimum absolute atomic E-state index is 0.125. The van der Waals surface area contributed by atoms with E-state index < -0.39 is 36.8 Å². The Bertz CT molecular complexity index is 1250. The molecule has 9 nitrogen and oxygen atoms in total. The number of para-hydroxylation sites is 1. The number of halogens is 3. The molecule has 3 N–H and O–H groups in total. The average Bonchev–Trinajstić information content (AvgIpc) is 2.81. The highest BCUT2D eigenvalue weighted by Crippen LogP contribution is 2.40. The summed E-state index contributed by atoms with van der Waals surface area (Å²) in [7, 11) is -2.81. The molecule has 1 atom stereocenters. The molecule has 2 heterocycles. The van der Waals surface area contributed by atoms with E-state index in [0.717, 1.165) is 0 Å². The number of amides is 1. The SMILES string of the molecule is CC(C)C(Nc1ncc(C(F)(F)F)c(Nc2ccccc2P(C)(C)=O)n1)ONC(=O)c1ccccn1. The van der Waals surface area contributed by atoms with E-state index in [-0.39, 0.29) is 23.2 Å². The van der Waals surface area contributed by atoms with E-state index >= 15 is 0 Å². The van der Waals surface area contributed by atoms with E-state index in [0.29, 0.717) is 11.5 Å². The number of hydrogen-bond acceptors (Lipinski definition) is 8. The van der Waals surface area contributed by atoms with Crippen molar-refractivity contribution in [3.8, 4) is 0 Å². The lowest BCUT2D eigenvalue weighted by atomic mass is 10.2. The molecule has 1 aromatic carbocycles. The molecule has 1 amide bonds. The van der Waals surface area contributed by atoms with Gasteiger partial charge in [0.25, 0.3) is 5.91 Å². The molecule has 3 rings (SSSR count). The fraction of sp³-hybridized carbons (Fsp3) is 0.304. The van der Waals surface area contributed by atoms with Gasteiger partial charge in [-0.05, 0) is 37.6 Å². The van der Waals surface area contributed by atoms with Gasteiger partial charge in [0, 0.05) is 23.6 Å². The molecular weight excluding hydrogens is 496 g/mol. The van der Waals surface area contributed by atoms with Gasteiger partial charge in [-0.3, -0.25) is 9.78 Å². The van der Waals surface area contributed by atoms with Crippen molar-refractivity contribution in [2.45, 2.75) is 26.3 Å². The van der Waals surface area contributed by atoms with Crippen molar-refractivity contribution >= 4 is 35.8 Å². The predicted molar refractivity (Wildman–Crippen MR) is 131 cm³/mol. The smallest absolute Gasteiger partial charge is 0.339 e. The Kier molecular flexibility index (Phi) is 8.31. The fourth-order valence-electron chi connectivity index (χ4n) is 3.06. The third-order valence-corrected chi connectivity index (χ3v) is 6.43. The number of carbonyl (C=O) groups excluding carboxylic acids is 1. The maximum atomic E-state index is 13.7. The molecule has 0 fully saturated rings. The lowest BCUT2D eigenvalue weighted by Gasteiger charge is -2.23. The lowest BCUT2D eigenvalue weighted by Crippen LogP contribution is -2.38. The number of nitrogens with zero attached hydrogens (tertiary/aromatic N) is 3. The number of anilines is 3. The van der Waals surface area contributed by atoms with E-state index in [1.165, 1.54) is 31.7 Å². The highest BCUT2D eigenvalue weighted by molar-refractivity contribution is 7.70. The van der Waals surface area contributed by atoms with Gasteiger partial charge in [0.1, 0.15) is 24.2 Å². The minimum atomic E-state index is -4.75. The first-order chi connectivity index (χ1) is 16.9. The molecule has 0 spiro atoms. The van der Waals surface area contributed by atoms with Crippen LogP contribution in [0.15, 0.2) is 54.9 Å². The molecule has 0 aliphatic heterocycles. The average molecular weight is 522 g/mol. The molecule has 13 heteroatoms. The number of alkyl halides is 3. The number of carbonyl (C=O) groups is 1. The maximum Gasteiger partial charge on any atom is 0.421 e. The van der Waals surface area contributed by atoms with Crippen LogP contribution in [0.3, 0.4) is 0 Å². The van der Waals surface area contributed by atoms with Crippen LogP contribution >= 0.6 is 7.14 Å². The molecule has 36 heavy (non-hydrogen) atoms. The van der Waals surface area contributed by atoms with Crippen molar-refractivity contribution in [3.05, 3.63) is 66.1 Å². The molecule has 0 aliphatic carbocycles. The van der Waals surface area contributed by atoms with Crippen LogP contribution in [-0.4, -0.2) is 40.4 Å². The van der Waals surface area contributed by atoms with Gasteiger partial charge in [0.05, 0.1) is 5.69 Å². The molecule has 3 aromatic rings. The zero-order valence-electron chi connectivity index (χ0n) is 20.0. The second kappa shape index (κ2) is 11.0. The first-order valence-electron chi connectivity index (χ1n) is 10.9. The molecule has 0 radical (unpaired) electrons. The maximum absolute atomic E-state index is 13.7. The fourth-order valence-corrected chi connectivity index (χ4v) is 4.21. The highest BCUT2D eigenvalue weighted by atomic mass is 31.2. The van der Waals surface area contributed by atoms with Crippen LogP contribution in [0.5, 0.6) is 0 Å². The highest BCUT2D eigenvalue weighted by Gasteiger charge is 2.36. The number of rotatable bonds is 9. The molecular formula is C23H26F3N6O3P. The summed E-state index contributed by atoms with van der Waals surface area (Å²) in [5, 5.41) is 5.84. The molecule has 1 unspecified atom stereocenters. The quantitative estimate of drug-likeness (QED) is 0.211. The van der Waals surface area contributed by atoms with Crippen molar-refractivity contribution in [3.63, 3.8) is 0 Å². The van der Waals surface area contributed by atoms with Gasteiger partial charge in [-0.2, -0.15) is 18.2 Å². The van der Waals surface area contributed by atoms with Crippen molar-refractivity contribution in [2.24, 2.45) is 5.92 Å². The van der Waals surface area contributed by atoms with Crippen LogP contribution in [0.2, 0.25) is 0 Å². The number of nitrogens with one attached hydrogen (secondary N) is 3. The summed E-state index contributed by atoms with van der Waals surface area (Å²) in [6.45, 7) is 6.58. The second-order valence-corrected chi connectivity index (χ2v) is 11.7. The summed E-state index contributed by atoms with van der Waals surface area (Å²) >= 11 is 0. The standard InChI is InChI=1S/C23H26F3N6O3P/c1-14(2)21(35-32-20(33)17-10-7-8-12-27-17)31-22-28-13-15(23(24,25)26)19(30-22)29-16-9-5-6-11-18(16)36(3,4)34/h5-14,21H,1-4H3,(H,32,33)(H2,28,29,30,31). The van der Waals surface area contributed by atoms with Crippen molar-refractivity contribution in [1.29, 1.82) is 0 Å². The van der Waals surface area contributed by atoms with E-state index in [4.69, 9.17) is 4.84 Å². The number of aromatic nitrogens is 3. The number of pyridine rings is 1. The third-order valence-electron chi connectivity index (χ3n) is 4.88. The van der Waals surface area contributed by atoms with Gasteiger partial charge in [-0.15, -0.1) is 0 Å². The molecule has 192 valence electrons. The topological polar surface area (TPSA) is 118 Å². The van der Waals surface area contributed by atoms with E-state index in [9.17, 15) is 22.5 Å². The second-order valence-electron chi connectivity index (χ2n) is 8.52. The number of benzene rings is 1. The van der Waals surface area contributed by atoms with E-state index in [2.05, 4.69) is 31.1 Å². The summed E-state index contributed by atoms with van der Waals surface area (Å²) in [5.41, 5.74) is 1.53. The van der Waals surface area contributed by atoms with Crippen LogP contribution in [0.25, 0.3) is 0 Å². The van der Waals surface area contributed by atoms with Crippen LogP contribution in [0, 0.1) is 5.92 Å². The summed E-state index contributed by atoms with van der Waals surface area (Å²) in [5.74, 6) is -1.55. The Morgan fingerprint density at radius 2 is 1.75 bits per heavy atom. The van der Waals surface area contributed by atoms with Gasteiger partial charge >= 0.3 is 6.18 Å². The minimum Gasteiger partial charge on any atom is -0.339 e. The van der Waals surface area contributed by atoms with E-state index in [1.807, 2.05) is 0 Å². The first kappa shape index (κ1) is 27.1. The zero-order valence-corrected chi connectivity index (χ0v) is 20.9. The summed E-state index contributed by atoms with van der Waals surface area (Å²) in [6.07, 6.45) is -3.54. The van der Waals surface area contributed by atoms with Gasteiger partial charge < -0.3 is 15.2 Å². The van der Waals surface area contributed by atoms with Gasteiger partial charge in [-0.1, -0.05) is 32.0 Å². The van der Waals surface area contributed by atoms with Crippen molar-refractivity contribution < 1.29 is 27.4 Å². The first-order valence-corrected chi connectivity index (χ1v) is 13.5. The summed E-state index contributed by atoms with van der Waals surface area (Å²) < 4.78 is 53.8. The Labute approximate surface area is 206 Å². The monoisotopic (exact) mass is 522 g/mol. The molecule has 0 saturated heterocycles. The van der Waals surface area contributed by atoms with Gasteiger partial charge in [-0.25, -0.2) is 15.3 Å². The van der Waals surface area contributed by atoms with Crippen LogP contribution in [0.4, 0.5) is 30.6 Å². The van der Waals surface area contributed by atoms with Gasteiger partial charge in [0.15, 0.2) is 6.23 Å². The number of hydrogen-bond donors (Lipinski definition) is 3. The Morgan fingerprint density at radius 1 is 1.06 bits per heavy atom. The molecule has 0 saturated carbocycles. The van der Waals surface area contributed by atoms with Crippen LogP contribution in [0.1, 0.15) is 29.9 Å². The van der Waals surface area contributed by atoms with E-state index in [1.54, 1.807) is 44.2 Å². The molecule has 2 aromatic heterocycles. The van der Waals surface area contributed by atoms with Gasteiger partial charge in [0.2, 0.25) is 5.95 Å². The Morgan fingerprint density at radius 3 is 2.36 bits per heavy atom. The predicted octanol–water partition coefficient (Wildman–Crippen LogP) is 4.64. The van der Waals surface area contributed by atoms with Crippen LogP contribution < -0.4 is 21.4 Å². The largest absolute Gasteiger partial charge is 0.421 e. The Hall–Kier alpha value is -3.50. The summed E-state index contributed by atoms with van der Waals surface area (Å²) in [4.78, 5) is 29.4. The normalized spacial score (nSPS) is 12.8. The number of hydroxylamine groups is 1. The molecule has 0 bridgehead atoms. The van der Waals surface area contributed by atoms with Crippen molar-refractivity contribution in [1.82, 2.24) is 20.4 Å². The molecule has 0 aliphatic rings. The lowest BCUT2D eigenvalue weighted by molar-refractivity contribution is -0.137. The summed E-state index contributed by atoms with van der Waals surface area (Å²) in [6, 6.07) is 11.2. The van der Waals surface area contributed by atoms with Crippen LogP contribution in [-0.2, 0) is 15.6 Å². The van der Waals surface area contributed by atoms with Crippen molar-refractivity contribution in [2.75, 3.05) is 24.0 Å². The third kappa shape index (κ3) is 7.02. The zero-order chi connectivity index (χ0) is 26.5. The Balaban J connectivity index is 1.87.